The number of benzene rings is 2. The maximum absolute atomic E-state index is 15.0. The SMILES string of the molecule is CC/C(=C\NO)NC(C)c1cc(F)c(CN2[C@@H](C)CC[C@H](c3ccccc3)S2(=O)=O)cc1F. The van der Waals surface area contributed by atoms with Crippen molar-refractivity contribution in [3.8, 4) is 0 Å². The highest BCUT2D eigenvalue weighted by molar-refractivity contribution is 7.89. The Morgan fingerprint density at radius 1 is 1.21 bits per heavy atom. The second-order valence-corrected chi connectivity index (χ2v) is 10.5. The maximum Gasteiger partial charge on any atom is 0.221 e. The monoisotopic (exact) mass is 479 g/mol. The molecule has 3 atom stereocenters. The number of sulfonamides is 1. The van der Waals surface area contributed by atoms with Gasteiger partial charge in [0.15, 0.2) is 0 Å². The van der Waals surface area contributed by atoms with E-state index in [1.165, 1.54) is 10.5 Å². The third-order valence-corrected chi connectivity index (χ3v) is 8.55. The highest BCUT2D eigenvalue weighted by Crippen LogP contribution is 2.38. The maximum atomic E-state index is 15.0. The first kappa shape index (κ1) is 25.1. The summed E-state index contributed by atoms with van der Waals surface area (Å²) in [6, 6.07) is 10.3. The van der Waals surface area contributed by atoms with Crippen molar-refractivity contribution in [2.24, 2.45) is 0 Å². The van der Waals surface area contributed by atoms with Crippen LogP contribution in [0, 0.1) is 11.6 Å². The fourth-order valence-corrected chi connectivity index (χ4v) is 6.44. The molecule has 6 nitrogen and oxygen atoms in total. The zero-order valence-electron chi connectivity index (χ0n) is 19.1. The van der Waals surface area contributed by atoms with Crippen molar-refractivity contribution in [3.05, 3.63) is 82.7 Å². The average molecular weight is 480 g/mol. The van der Waals surface area contributed by atoms with Crippen LogP contribution in [0.2, 0.25) is 0 Å². The van der Waals surface area contributed by atoms with Gasteiger partial charge in [0.05, 0.1) is 6.04 Å². The van der Waals surface area contributed by atoms with Crippen molar-refractivity contribution < 1.29 is 22.4 Å². The molecule has 3 N–H and O–H groups in total. The standard InChI is InChI=1S/C24H31F2N3O3S/c1-4-20(14-27-30)28-17(3)21-13-22(25)19(12-23(21)26)15-29-16(2)10-11-24(33(29,31)32)18-8-6-5-7-9-18/h5-9,12-14,16-17,24,27-28,30H,4,10-11,15H2,1-3H3/b20-14+/t16-,17?,24+/m0/s1. The fraction of sp³-hybridized carbons (Fsp3) is 0.417. The van der Waals surface area contributed by atoms with Crippen LogP contribution < -0.4 is 10.8 Å². The van der Waals surface area contributed by atoms with Crippen LogP contribution in [-0.4, -0.2) is 24.0 Å². The molecule has 3 rings (SSSR count). The van der Waals surface area contributed by atoms with E-state index in [2.05, 4.69) is 5.32 Å². The molecule has 0 saturated carbocycles. The molecular formula is C24H31F2N3O3S. The van der Waals surface area contributed by atoms with Gasteiger partial charge < -0.3 is 5.32 Å². The van der Waals surface area contributed by atoms with E-state index in [0.29, 0.717) is 30.5 Å². The molecule has 2 aromatic carbocycles. The van der Waals surface area contributed by atoms with Crippen molar-refractivity contribution in [2.45, 2.75) is 63.9 Å². The molecule has 0 spiro atoms. The van der Waals surface area contributed by atoms with Crippen LogP contribution in [0.1, 0.15) is 68.0 Å². The molecule has 0 radical (unpaired) electrons. The van der Waals surface area contributed by atoms with Gasteiger partial charge >= 0.3 is 0 Å². The van der Waals surface area contributed by atoms with E-state index >= 15 is 4.39 Å². The third kappa shape index (κ3) is 5.54. The number of rotatable bonds is 8. The second-order valence-electron chi connectivity index (χ2n) is 8.40. The summed E-state index contributed by atoms with van der Waals surface area (Å²) in [7, 11) is -3.75. The van der Waals surface area contributed by atoms with E-state index in [0.717, 1.165) is 12.1 Å². The molecule has 1 saturated heterocycles. The molecule has 1 heterocycles. The Kier molecular flexibility index (Phi) is 8.10. The molecule has 0 bridgehead atoms. The summed E-state index contributed by atoms with van der Waals surface area (Å²) in [5.41, 5.74) is 3.36. The van der Waals surface area contributed by atoms with Gasteiger partial charge in [0.1, 0.15) is 16.9 Å². The zero-order chi connectivity index (χ0) is 24.2. The molecule has 9 heteroatoms. The molecule has 180 valence electrons. The van der Waals surface area contributed by atoms with Crippen LogP contribution in [0.3, 0.4) is 0 Å². The molecule has 0 amide bonds. The summed E-state index contributed by atoms with van der Waals surface area (Å²) < 4.78 is 58.0. The highest BCUT2D eigenvalue weighted by atomic mass is 32.2. The topological polar surface area (TPSA) is 81.7 Å². The number of hydrogen-bond acceptors (Lipinski definition) is 5. The van der Waals surface area contributed by atoms with Crippen LogP contribution >= 0.6 is 0 Å². The minimum absolute atomic E-state index is 0.00383. The Bertz CT molecular complexity index is 1090. The first-order valence-electron chi connectivity index (χ1n) is 11.1. The predicted molar refractivity (Wildman–Crippen MR) is 124 cm³/mol. The van der Waals surface area contributed by atoms with Crippen LogP contribution in [0.25, 0.3) is 0 Å². The van der Waals surface area contributed by atoms with Crippen molar-refractivity contribution in [1.29, 1.82) is 0 Å². The van der Waals surface area contributed by atoms with Crippen molar-refractivity contribution in [1.82, 2.24) is 15.1 Å². The van der Waals surface area contributed by atoms with E-state index in [-0.39, 0.29) is 23.7 Å². The minimum atomic E-state index is -3.75. The Labute approximate surface area is 194 Å². The lowest BCUT2D eigenvalue weighted by Gasteiger charge is -2.37. The summed E-state index contributed by atoms with van der Waals surface area (Å²) >= 11 is 0. The number of allylic oxidation sites excluding steroid dienone is 1. The molecule has 1 aliphatic heterocycles. The van der Waals surface area contributed by atoms with E-state index in [9.17, 15) is 12.8 Å². The van der Waals surface area contributed by atoms with Gasteiger partial charge in [-0.3, -0.25) is 10.7 Å². The van der Waals surface area contributed by atoms with Crippen LogP contribution in [0.5, 0.6) is 0 Å². The van der Waals surface area contributed by atoms with Gasteiger partial charge in [0, 0.05) is 35.6 Å². The Balaban J connectivity index is 1.86. The zero-order valence-corrected chi connectivity index (χ0v) is 19.9. The van der Waals surface area contributed by atoms with Crippen LogP contribution in [0.4, 0.5) is 8.78 Å². The predicted octanol–water partition coefficient (Wildman–Crippen LogP) is 4.90. The number of hydroxylamine groups is 1. The minimum Gasteiger partial charge on any atom is -0.380 e. The van der Waals surface area contributed by atoms with E-state index in [1.54, 1.807) is 38.1 Å². The lowest BCUT2D eigenvalue weighted by Crippen LogP contribution is -2.44. The summed E-state index contributed by atoms with van der Waals surface area (Å²) in [6.45, 7) is 5.10. The van der Waals surface area contributed by atoms with Gasteiger partial charge in [-0.2, -0.15) is 4.31 Å². The first-order chi connectivity index (χ1) is 15.7. The van der Waals surface area contributed by atoms with Gasteiger partial charge in [-0.25, -0.2) is 17.2 Å². The number of nitrogens with one attached hydrogen (secondary N) is 2. The van der Waals surface area contributed by atoms with Gasteiger partial charge in [0.25, 0.3) is 0 Å². The van der Waals surface area contributed by atoms with Crippen molar-refractivity contribution >= 4 is 10.0 Å². The number of hydrogen-bond donors (Lipinski definition) is 3. The summed E-state index contributed by atoms with van der Waals surface area (Å²) in [4.78, 5) is 0. The normalized spacial score (nSPS) is 22.1. The first-order valence-corrected chi connectivity index (χ1v) is 12.6. The molecule has 1 aliphatic rings. The fourth-order valence-electron chi connectivity index (χ4n) is 4.26. The van der Waals surface area contributed by atoms with Crippen LogP contribution in [0.15, 0.2) is 54.4 Å². The van der Waals surface area contributed by atoms with Crippen molar-refractivity contribution in [3.63, 3.8) is 0 Å². The van der Waals surface area contributed by atoms with Gasteiger partial charge in [-0.15, -0.1) is 0 Å². The summed E-state index contributed by atoms with van der Waals surface area (Å²) in [5, 5.41) is 11.2. The summed E-state index contributed by atoms with van der Waals surface area (Å²) in [5.74, 6) is -1.29. The Hall–Kier alpha value is -2.49. The molecule has 2 aromatic rings. The van der Waals surface area contributed by atoms with Crippen molar-refractivity contribution in [2.75, 3.05) is 0 Å². The quantitative estimate of drug-likeness (QED) is 0.469. The smallest absolute Gasteiger partial charge is 0.221 e. The molecule has 33 heavy (non-hydrogen) atoms. The molecule has 1 fully saturated rings. The molecule has 0 aromatic heterocycles. The average Bonchev–Trinajstić information content (AvgIpc) is 2.78. The summed E-state index contributed by atoms with van der Waals surface area (Å²) in [6.07, 6.45) is 3.00. The third-order valence-electron chi connectivity index (χ3n) is 6.18. The van der Waals surface area contributed by atoms with Gasteiger partial charge in [-0.1, -0.05) is 37.3 Å². The van der Waals surface area contributed by atoms with E-state index < -0.39 is 32.9 Å². The largest absolute Gasteiger partial charge is 0.380 e. The van der Waals surface area contributed by atoms with E-state index in [4.69, 9.17) is 5.21 Å². The highest BCUT2D eigenvalue weighted by Gasteiger charge is 2.40. The van der Waals surface area contributed by atoms with Crippen LogP contribution in [-0.2, 0) is 16.6 Å². The number of nitrogens with zero attached hydrogens (tertiary/aromatic N) is 1. The van der Waals surface area contributed by atoms with Gasteiger partial charge in [0.2, 0.25) is 10.0 Å². The van der Waals surface area contributed by atoms with Gasteiger partial charge in [-0.05, 0) is 50.8 Å². The Morgan fingerprint density at radius 2 is 1.91 bits per heavy atom. The molecule has 1 unspecified atom stereocenters. The number of halogens is 2. The second kappa shape index (κ2) is 10.6. The molecule has 0 aliphatic carbocycles. The Morgan fingerprint density at radius 3 is 2.55 bits per heavy atom. The lowest BCUT2D eigenvalue weighted by molar-refractivity contribution is 0.212. The molecular weight excluding hydrogens is 448 g/mol. The van der Waals surface area contributed by atoms with E-state index in [1.807, 2.05) is 18.5 Å². The lowest BCUT2D eigenvalue weighted by atomic mass is 10.0.